The third-order valence-electron chi connectivity index (χ3n) is 3.55. The van der Waals surface area contributed by atoms with Gasteiger partial charge < -0.3 is 20.2 Å². The first-order chi connectivity index (χ1) is 11.5. The average Bonchev–Trinajstić information content (AvgIpc) is 2.58. The van der Waals surface area contributed by atoms with Crippen LogP contribution in [0.25, 0.3) is 10.9 Å². The Balaban J connectivity index is 2.30. The topological polar surface area (TPSA) is 103 Å². The molecule has 0 unspecified atom stereocenters. The molecule has 0 fully saturated rings. The number of nitrogens with one attached hydrogen (secondary N) is 1. The number of hydrogen-bond donors (Lipinski definition) is 2. The fourth-order valence-electron chi connectivity index (χ4n) is 2.07. The molecule has 130 valence electrons. The van der Waals surface area contributed by atoms with Crippen molar-refractivity contribution in [1.82, 2.24) is 9.97 Å². The molecule has 1 aromatic carbocycles. The molecule has 2 aromatic rings. The molecule has 1 heterocycles. The molecule has 24 heavy (non-hydrogen) atoms. The third-order valence-corrected chi connectivity index (χ3v) is 4.37. The predicted octanol–water partition coefficient (Wildman–Crippen LogP) is 2.29. The van der Waals surface area contributed by atoms with Crippen molar-refractivity contribution in [2.45, 2.75) is 32.1 Å². The fraction of sp³-hybridized carbons (Fsp3) is 0.438. The molecule has 1 atom stereocenters. The van der Waals surface area contributed by atoms with Crippen LogP contribution < -0.4 is 20.8 Å². The molecular weight excluding hydrogens is 328 g/mol. The van der Waals surface area contributed by atoms with Gasteiger partial charge in [0.05, 0.1) is 30.9 Å². The fourth-order valence-corrected chi connectivity index (χ4v) is 2.75. The summed E-state index contributed by atoms with van der Waals surface area (Å²) in [6, 6.07) is 3.49. The van der Waals surface area contributed by atoms with E-state index in [9.17, 15) is 4.79 Å². The first kappa shape index (κ1) is 18.1. The van der Waals surface area contributed by atoms with Crippen LogP contribution in [0.3, 0.4) is 0 Å². The number of aromatic nitrogens is 2. The van der Waals surface area contributed by atoms with Gasteiger partial charge in [-0.1, -0.05) is 18.7 Å². The second-order valence-corrected chi connectivity index (χ2v) is 6.25. The molecule has 0 radical (unpaired) electrons. The highest BCUT2D eigenvalue weighted by molar-refractivity contribution is 8.13. The van der Waals surface area contributed by atoms with Crippen LogP contribution >= 0.6 is 11.8 Å². The van der Waals surface area contributed by atoms with E-state index in [1.165, 1.54) is 18.9 Å². The Kier molecular flexibility index (Phi) is 6.08. The zero-order valence-corrected chi connectivity index (χ0v) is 15.1. The molecule has 0 aliphatic heterocycles. The van der Waals surface area contributed by atoms with Crippen LogP contribution in [-0.2, 0) is 5.75 Å². The predicted molar refractivity (Wildman–Crippen MR) is 98.1 cm³/mol. The SMILES string of the molecule is CC[C@@H](C)N=C(N)SCc1nc2cc(OC)c(OC)cc2c(=O)[nH]1. The van der Waals surface area contributed by atoms with Gasteiger partial charge in [-0.05, 0) is 19.4 Å². The first-order valence-electron chi connectivity index (χ1n) is 7.59. The van der Waals surface area contributed by atoms with Crippen molar-refractivity contribution < 1.29 is 9.47 Å². The van der Waals surface area contributed by atoms with E-state index in [0.717, 1.165) is 6.42 Å². The highest BCUT2D eigenvalue weighted by Crippen LogP contribution is 2.30. The number of benzene rings is 1. The number of nitrogens with two attached hydrogens (primary N) is 1. The number of nitrogens with zero attached hydrogens (tertiary/aromatic N) is 2. The zero-order valence-electron chi connectivity index (χ0n) is 14.3. The molecule has 1 aromatic heterocycles. The third kappa shape index (κ3) is 4.19. The van der Waals surface area contributed by atoms with E-state index < -0.39 is 0 Å². The number of amidine groups is 1. The quantitative estimate of drug-likeness (QED) is 0.612. The Labute approximate surface area is 144 Å². The van der Waals surface area contributed by atoms with Gasteiger partial charge in [0, 0.05) is 12.1 Å². The summed E-state index contributed by atoms with van der Waals surface area (Å²) in [5.74, 6) is 1.99. The monoisotopic (exact) mass is 350 g/mol. The molecule has 0 saturated carbocycles. The summed E-state index contributed by atoms with van der Waals surface area (Å²) >= 11 is 1.35. The van der Waals surface area contributed by atoms with Gasteiger partial charge in [0.25, 0.3) is 5.56 Å². The second-order valence-electron chi connectivity index (χ2n) is 5.25. The van der Waals surface area contributed by atoms with Crippen molar-refractivity contribution >= 4 is 27.8 Å². The van der Waals surface area contributed by atoms with E-state index in [1.807, 2.05) is 6.92 Å². The van der Waals surface area contributed by atoms with Crippen molar-refractivity contribution in [3.8, 4) is 11.5 Å². The standard InChI is InChI=1S/C16H22N4O3S/c1-5-9(2)18-16(17)24-8-14-19-11-7-13(23-4)12(22-3)6-10(11)15(21)20-14/h6-7,9H,5,8H2,1-4H3,(H2,17,18)(H,19,20,21)/t9-/m1/s1. The number of rotatable bonds is 6. The van der Waals surface area contributed by atoms with Crippen LogP contribution in [-0.4, -0.2) is 35.4 Å². The maximum absolute atomic E-state index is 12.3. The number of thioether (sulfide) groups is 1. The van der Waals surface area contributed by atoms with Crippen molar-refractivity contribution in [2.24, 2.45) is 10.7 Å². The molecule has 0 amide bonds. The molecule has 0 aliphatic rings. The summed E-state index contributed by atoms with van der Waals surface area (Å²) < 4.78 is 10.5. The number of ether oxygens (including phenoxy) is 2. The zero-order chi connectivity index (χ0) is 17.7. The number of hydrogen-bond acceptors (Lipinski definition) is 6. The van der Waals surface area contributed by atoms with Gasteiger partial charge in [-0.25, -0.2) is 4.98 Å². The van der Waals surface area contributed by atoms with Crippen LogP contribution in [0.15, 0.2) is 21.9 Å². The summed E-state index contributed by atoms with van der Waals surface area (Å²) in [6.45, 7) is 4.05. The summed E-state index contributed by atoms with van der Waals surface area (Å²) in [5.41, 5.74) is 6.21. The maximum Gasteiger partial charge on any atom is 0.258 e. The number of methoxy groups -OCH3 is 2. The molecule has 0 aliphatic carbocycles. The lowest BCUT2D eigenvalue weighted by molar-refractivity contribution is 0.355. The van der Waals surface area contributed by atoms with Crippen LogP contribution in [0.1, 0.15) is 26.1 Å². The van der Waals surface area contributed by atoms with E-state index in [-0.39, 0.29) is 11.6 Å². The summed E-state index contributed by atoms with van der Waals surface area (Å²) in [6.07, 6.45) is 0.925. The molecule has 3 N–H and O–H groups in total. The Hall–Kier alpha value is -2.22. The van der Waals surface area contributed by atoms with Crippen LogP contribution in [0.2, 0.25) is 0 Å². The van der Waals surface area contributed by atoms with Crippen molar-refractivity contribution in [2.75, 3.05) is 14.2 Å². The lowest BCUT2D eigenvalue weighted by Crippen LogP contribution is -2.14. The largest absolute Gasteiger partial charge is 0.493 e. The van der Waals surface area contributed by atoms with Gasteiger partial charge in [-0.2, -0.15) is 0 Å². The minimum Gasteiger partial charge on any atom is -0.493 e. The number of aromatic amines is 1. The first-order valence-corrected chi connectivity index (χ1v) is 8.58. The Morgan fingerprint density at radius 2 is 2.04 bits per heavy atom. The summed E-state index contributed by atoms with van der Waals surface area (Å²) in [5, 5.41) is 0.932. The summed E-state index contributed by atoms with van der Waals surface area (Å²) in [4.78, 5) is 23.9. The molecule has 0 spiro atoms. The van der Waals surface area contributed by atoms with Gasteiger partial charge in [0.15, 0.2) is 16.7 Å². The highest BCUT2D eigenvalue weighted by atomic mass is 32.2. The lowest BCUT2D eigenvalue weighted by atomic mass is 10.2. The Morgan fingerprint density at radius 3 is 2.67 bits per heavy atom. The smallest absolute Gasteiger partial charge is 0.258 e. The number of H-pyrrole nitrogens is 1. The number of aliphatic imine (C=N–C) groups is 1. The van der Waals surface area contributed by atoms with Crippen molar-refractivity contribution in [1.29, 1.82) is 0 Å². The Bertz CT molecular complexity index is 804. The molecule has 7 nitrogen and oxygen atoms in total. The molecule has 0 saturated heterocycles. The van der Waals surface area contributed by atoms with E-state index in [4.69, 9.17) is 15.2 Å². The summed E-state index contributed by atoms with van der Waals surface area (Å²) in [7, 11) is 3.06. The van der Waals surface area contributed by atoms with Crippen molar-refractivity contribution in [3.05, 3.63) is 28.3 Å². The molecule has 8 heteroatoms. The van der Waals surface area contributed by atoms with Gasteiger partial charge in [0.2, 0.25) is 0 Å². The number of fused-ring (bicyclic) bond motifs is 1. The molecule has 2 rings (SSSR count). The Morgan fingerprint density at radius 1 is 1.38 bits per heavy atom. The molecular formula is C16H22N4O3S. The van der Waals surface area contributed by atoms with Gasteiger partial charge in [-0.3, -0.25) is 9.79 Å². The highest BCUT2D eigenvalue weighted by Gasteiger charge is 2.11. The van der Waals surface area contributed by atoms with E-state index in [2.05, 4.69) is 21.9 Å². The maximum atomic E-state index is 12.3. The van der Waals surface area contributed by atoms with Crippen LogP contribution in [0, 0.1) is 0 Å². The van der Waals surface area contributed by atoms with Crippen molar-refractivity contribution in [3.63, 3.8) is 0 Å². The second kappa shape index (κ2) is 8.05. The van der Waals surface area contributed by atoms with E-state index >= 15 is 0 Å². The van der Waals surface area contributed by atoms with Gasteiger partial charge in [-0.15, -0.1) is 0 Å². The van der Waals surface area contributed by atoms with E-state index in [1.54, 1.807) is 19.2 Å². The average molecular weight is 350 g/mol. The minimum atomic E-state index is -0.228. The van der Waals surface area contributed by atoms with Gasteiger partial charge in [0.1, 0.15) is 5.82 Å². The lowest BCUT2D eigenvalue weighted by Gasteiger charge is -2.09. The normalized spacial score (nSPS) is 13.1. The van der Waals surface area contributed by atoms with Gasteiger partial charge >= 0.3 is 0 Å². The van der Waals surface area contributed by atoms with E-state index in [0.29, 0.717) is 39.1 Å². The van der Waals surface area contributed by atoms with Crippen LogP contribution in [0.5, 0.6) is 11.5 Å². The minimum absolute atomic E-state index is 0.179. The molecule has 0 bridgehead atoms. The van der Waals surface area contributed by atoms with Crippen LogP contribution in [0.4, 0.5) is 0 Å².